The molecule has 0 radical (unpaired) electrons. The van der Waals surface area contributed by atoms with Crippen LogP contribution in [0.25, 0.3) is 11.0 Å². The fraction of sp³-hybridized carbons (Fsp3) is 0.438. The molecule has 1 fully saturated rings. The number of nitrogens with one attached hydrogen (secondary N) is 2. The van der Waals surface area contributed by atoms with Crippen molar-refractivity contribution in [2.24, 2.45) is 0 Å². The summed E-state index contributed by atoms with van der Waals surface area (Å²) in [7, 11) is 0. The molecule has 7 heteroatoms. The largest absolute Gasteiger partial charge is 0.354 e. The summed E-state index contributed by atoms with van der Waals surface area (Å²) in [5.41, 5.74) is 1.78. The predicted octanol–water partition coefficient (Wildman–Crippen LogP) is 1.81. The van der Waals surface area contributed by atoms with E-state index in [1.807, 2.05) is 24.4 Å². The van der Waals surface area contributed by atoms with E-state index in [0.29, 0.717) is 13.0 Å². The zero-order chi connectivity index (χ0) is 16.4. The zero-order valence-electron chi connectivity index (χ0n) is 13.3. The van der Waals surface area contributed by atoms with Crippen LogP contribution in [0.5, 0.6) is 0 Å². The molecular formula is C16H20N4O2S. The van der Waals surface area contributed by atoms with E-state index in [-0.39, 0.29) is 11.8 Å². The summed E-state index contributed by atoms with van der Waals surface area (Å²) in [5, 5.41) is 5.59. The van der Waals surface area contributed by atoms with Crippen LogP contribution in [-0.4, -0.2) is 33.8 Å². The molecule has 6 nitrogen and oxygen atoms in total. The van der Waals surface area contributed by atoms with Crippen LogP contribution in [0, 0.1) is 13.8 Å². The van der Waals surface area contributed by atoms with Gasteiger partial charge in [0.15, 0.2) is 4.96 Å². The van der Waals surface area contributed by atoms with Gasteiger partial charge >= 0.3 is 0 Å². The fourth-order valence-corrected chi connectivity index (χ4v) is 3.61. The molecule has 0 bridgehead atoms. The van der Waals surface area contributed by atoms with E-state index in [2.05, 4.69) is 15.6 Å². The van der Waals surface area contributed by atoms with Crippen LogP contribution in [0.2, 0.25) is 0 Å². The summed E-state index contributed by atoms with van der Waals surface area (Å²) in [6, 6.07) is -0.440. The molecular weight excluding hydrogens is 312 g/mol. The highest BCUT2D eigenvalue weighted by Crippen LogP contribution is 2.21. The first-order valence-electron chi connectivity index (χ1n) is 7.76. The lowest BCUT2D eigenvalue weighted by Gasteiger charge is -2.13. The second-order valence-electron chi connectivity index (χ2n) is 5.76. The average Bonchev–Trinajstić information content (AvgIpc) is 2.89. The Kier molecular flexibility index (Phi) is 4.47. The van der Waals surface area contributed by atoms with Crippen molar-refractivity contribution in [1.82, 2.24) is 20.0 Å². The highest BCUT2D eigenvalue weighted by atomic mass is 32.1. The van der Waals surface area contributed by atoms with Crippen molar-refractivity contribution in [2.45, 2.75) is 39.2 Å². The molecule has 0 spiro atoms. The minimum absolute atomic E-state index is 0.0966. The Bertz CT molecular complexity index is 774. The Morgan fingerprint density at radius 3 is 3.13 bits per heavy atom. The smallest absolute Gasteiger partial charge is 0.244 e. The lowest BCUT2D eigenvalue weighted by Crippen LogP contribution is -2.44. The Morgan fingerprint density at radius 2 is 2.30 bits per heavy atom. The lowest BCUT2D eigenvalue weighted by molar-refractivity contribution is -0.126. The molecule has 0 aromatic carbocycles. The summed E-state index contributed by atoms with van der Waals surface area (Å²) in [5.74, 6) is -0.353. The summed E-state index contributed by atoms with van der Waals surface area (Å²) in [4.78, 5) is 30.5. The molecule has 0 aliphatic carbocycles. The Morgan fingerprint density at radius 1 is 1.48 bits per heavy atom. The second-order valence-corrected chi connectivity index (χ2v) is 6.97. The van der Waals surface area contributed by atoms with Gasteiger partial charge in [0.2, 0.25) is 11.8 Å². The van der Waals surface area contributed by atoms with Crippen molar-refractivity contribution >= 4 is 34.2 Å². The average molecular weight is 332 g/mol. The minimum Gasteiger partial charge on any atom is -0.354 e. The number of amides is 2. The van der Waals surface area contributed by atoms with Crippen LogP contribution in [0.15, 0.2) is 12.3 Å². The third kappa shape index (κ3) is 3.44. The van der Waals surface area contributed by atoms with E-state index in [1.165, 1.54) is 11.0 Å². The molecule has 2 aromatic heterocycles. The van der Waals surface area contributed by atoms with Crippen LogP contribution in [0.4, 0.5) is 0 Å². The molecule has 3 rings (SSSR count). The van der Waals surface area contributed by atoms with E-state index in [4.69, 9.17) is 0 Å². The van der Waals surface area contributed by atoms with Gasteiger partial charge in [-0.2, -0.15) is 0 Å². The topological polar surface area (TPSA) is 75.5 Å². The van der Waals surface area contributed by atoms with Gasteiger partial charge in [-0.15, -0.1) is 11.3 Å². The van der Waals surface area contributed by atoms with Crippen molar-refractivity contribution in [3.63, 3.8) is 0 Å². The van der Waals surface area contributed by atoms with Crippen LogP contribution < -0.4 is 10.6 Å². The molecule has 2 N–H and O–H groups in total. The molecule has 2 aromatic rings. The zero-order valence-corrected chi connectivity index (χ0v) is 14.1. The van der Waals surface area contributed by atoms with Crippen molar-refractivity contribution < 1.29 is 9.59 Å². The third-order valence-corrected chi connectivity index (χ3v) is 4.81. The maximum Gasteiger partial charge on any atom is 0.244 e. The molecule has 1 unspecified atom stereocenters. The quantitative estimate of drug-likeness (QED) is 0.842. The van der Waals surface area contributed by atoms with Crippen LogP contribution in [0.3, 0.4) is 0 Å². The standard InChI is InChI=1S/C16H20N4O2S/c1-10-9-20-13(11(2)18-16(20)23-10)6-7-14(21)19-12-5-3-4-8-17-15(12)22/h6-7,9,12H,3-5,8H2,1-2H3,(H,17,22)(H,19,21)/b7-6+. The molecule has 2 amide bonds. The number of rotatable bonds is 3. The second kappa shape index (κ2) is 6.54. The number of hydrogen-bond donors (Lipinski definition) is 2. The highest BCUT2D eigenvalue weighted by molar-refractivity contribution is 7.17. The summed E-state index contributed by atoms with van der Waals surface area (Å²) in [6.07, 6.45) is 7.82. The normalized spacial score (nSPS) is 19.0. The van der Waals surface area contributed by atoms with Gasteiger partial charge < -0.3 is 10.6 Å². The molecule has 1 atom stereocenters. The third-order valence-electron chi connectivity index (χ3n) is 3.91. The van der Waals surface area contributed by atoms with Crippen LogP contribution in [-0.2, 0) is 9.59 Å². The van der Waals surface area contributed by atoms with Crippen molar-refractivity contribution in [1.29, 1.82) is 0 Å². The number of aromatic nitrogens is 2. The van der Waals surface area contributed by atoms with Gasteiger partial charge in [0.05, 0.1) is 11.4 Å². The number of carbonyl (C=O) groups excluding carboxylic acids is 2. The maximum atomic E-state index is 12.1. The molecule has 0 saturated carbocycles. The SMILES string of the molecule is Cc1cn2c(/C=C/C(=O)NC3CCCCNC3=O)c(C)nc2s1. The highest BCUT2D eigenvalue weighted by Gasteiger charge is 2.21. The van der Waals surface area contributed by atoms with Gasteiger partial charge in [-0.3, -0.25) is 14.0 Å². The van der Waals surface area contributed by atoms with Gasteiger partial charge in [0, 0.05) is 23.7 Å². The van der Waals surface area contributed by atoms with Gasteiger partial charge in [-0.25, -0.2) is 4.98 Å². The number of aryl methyl sites for hydroxylation is 2. The number of imidazole rings is 1. The number of carbonyl (C=O) groups is 2. The van der Waals surface area contributed by atoms with Crippen molar-refractivity contribution in [3.05, 3.63) is 28.5 Å². The first kappa shape index (κ1) is 15.7. The van der Waals surface area contributed by atoms with Crippen molar-refractivity contribution in [2.75, 3.05) is 6.54 Å². The molecule has 1 aliphatic heterocycles. The summed E-state index contributed by atoms with van der Waals surface area (Å²) >= 11 is 1.62. The van der Waals surface area contributed by atoms with Crippen LogP contribution >= 0.6 is 11.3 Å². The maximum absolute atomic E-state index is 12.1. The number of nitrogens with zero attached hydrogens (tertiary/aromatic N) is 2. The van der Waals surface area contributed by atoms with Crippen LogP contribution in [0.1, 0.15) is 35.5 Å². The molecule has 122 valence electrons. The summed E-state index contributed by atoms with van der Waals surface area (Å²) in [6.45, 7) is 4.64. The van der Waals surface area contributed by atoms with Gasteiger partial charge in [0.25, 0.3) is 0 Å². The van der Waals surface area contributed by atoms with Crippen molar-refractivity contribution in [3.8, 4) is 0 Å². The minimum atomic E-state index is -0.440. The Hall–Kier alpha value is -2.15. The molecule has 1 aliphatic rings. The number of fused-ring (bicyclic) bond motifs is 1. The van der Waals surface area contributed by atoms with Gasteiger partial charge in [0.1, 0.15) is 6.04 Å². The lowest BCUT2D eigenvalue weighted by atomic mass is 10.1. The fourth-order valence-electron chi connectivity index (χ4n) is 2.73. The molecule has 1 saturated heterocycles. The summed E-state index contributed by atoms with van der Waals surface area (Å²) < 4.78 is 1.98. The molecule has 23 heavy (non-hydrogen) atoms. The number of thiazole rings is 1. The monoisotopic (exact) mass is 332 g/mol. The van der Waals surface area contributed by atoms with E-state index in [0.717, 1.165) is 29.2 Å². The number of hydrogen-bond acceptors (Lipinski definition) is 4. The van der Waals surface area contributed by atoms with E-state index >= 15 is 0 Å². The van der Waals surface area contributed by atoms with E-state index in [9.17, 15) is 9.59 Å². The predicted molar refractivity (Wildman–Crippen MR) is 90.4 cm³/mol. The van der Waals surface area contributed by atoms with E-state index < -0.39 is 6.04 Å². The Labute approximate surface area is 138 Å². The first-order chi connectivity index (χ1) is 11.0. The van der Waals surface area contributed by atoms with Gasteiger partial charge in [-0.05, 0) is 39.2 Å². The Balaban J connectivity index is 1.72. The van der Waals surface area contributed by atoms with Gasteiger partial charge in [-0.1, -0.05) is 0 Å². The van der Waals surface area contributed by atoms with E-state index in [1.54, 1.807) is 17.4 Å². The molecule has 3 heterocycles. The first-order valence-corrected chi connectivity index (χ1v) is 8.57.